The number of rotatable bonds is 2. The molecule has 0 aliphatic heterocycles. The minimum absolute atomic E-state index is 0.0527. The third-order valence-corrected chi connectivity index (χ3v) is 3.83. The van der Waals surface area contributed by atoms with Gasteiger partial charge in [0.05, 0.1) is 11.3 Å². The van der Waals surface area contributed by atoms with Gasteiger partial charge in [0.2, 0.25) is 10.0 Å². The maximum absolute atomic E-state index is 11.0. The van der Waals surface area contributed by atoms with Crippen LogP contribution in [-0.2, 0) is 10.0 Å². The zero-order valence-electron chi connectivity index (χ0n) is 6.24. The molecule has 11 heavy (non-hydrogen) atoms. The second-order valence-electron chi connectivity index (χ2n) is 2.67. The highest BCUT2D eigenvalue weighted by molar-refractivity contribution is 7.90. The van der Waals surface area contributed by atoms with Crippen LogP contribution in [0.15, 0.2) is 0 Å². The normalized spacial score (nSPS) is 30.5. The monoisotopic (exact) mass is 174 g/mol. The highest BCUT2D eigenvalue weighted by atomic mass is 32.2. The van der Waals surface area contributed by atoms with E-state index in [1.807, 2.05) is 6.07 Å². The van der Waals surface area contributed by atoms with Crippen molar-refractivity contribution in [2.45, 2.75) is 18.1 Å². The maximum atomic E-state index is 11.0. The third-order valence-electron chi connectivity index (χ3n) is 2.00. The lowest BCUT2D eigenvalue weighted by molar-refractivity contribution is 0.388. The van der Waals surface area contributed by atoms with Gasteiger partial charge in [-0.2, -0.15) is 5.26 Å². The Morgan fingerprint density at radius 1 is 1.55 bits per heavy atom. The lowest BCUT2D eigenvalue weighted by atomic mass is 9.86. The average Bonchev–Trinajstić information content (AvgIpc) is 1.85. The molecule has 1 N–H and O–H groups in total. The fourth-order valence-corrected chi connectivity index (χ4v) is 2.40. The summed E-state index contributed by atoms with van der Waals surface area (Å²) in [6.45, 7) is 0. The molecular weight excluding hydrogens is 164 g/mol. The van der Waals surface area contributed by atoms with Crippen molar-refractivity contribution in [2.75, 3.05) is 7.05 Å². The molecule has 0 unspecified atom stereocenters. The van der Waals surface area contributed by atoms with Gasteiger partial charge in [-0.3, -0.25) is 0 Å². The summed E-state index contributed by atoms with van der Waals surface area (Å²) in [5.74, 6) is -0.0527. The lowest BCUT2D eigenvalue weighted by Gasteiger charge is -2.29. The fourth-order valence-electron chi connectivity index (χ4n) is 1.09. The molecule has 0 heterocycles. The summed E-state index contributed by atoms with van der Waals surface area (Å²) in [7, 11) is -1.71. The molecule has 0 spiro atoms. The van der Waals surface area contributed by atoms with E-state index in [1.54, 1.807) is 0 Å². The van der Waals surface area contributed by atoms with Crippen molar-refractivity contribution < 1.29 is 8.42 Å². The molecule has 0 amide bonds. The Labute approximate surface area is 66.3 Å². The van der Waals surface area contributed by atoms with Crippen molar-refractivity contribution in [3.8, 4) is 6.07 Å². The summed E-state index contributed by atoms with van der Waals surface area (Å²) in [6.07, 6.45) is 0.972. The van der Waals surface area contributed by atoms with Crippen LogP contribution in [0, 0.1) is 17.2 Å². The molecule has 0 aromatic rings. The molecule has 1 aliphatic rings. The van der Waals surface area contributed by atoms with Crippen molar-refractivity contribution in [2.24, 2.45) is 5.92 Å². The second kappa shape index (κ2) is 2.80. The van der Waals surface area contributed by atoms with Gasteiger partial charge >= 0.3 is 0 Å². The summed E-state index contributed by atoms with van der Waals surface area (Å²) in [6, 6.07) is 2.04. The van der Waals surface area contributed by atoms with Crippen LogP contribution in [0.2, 0.25) is 0 Å². The van der Waals surface area contributed by atoms with Gasteiger partial charge in [0.15, 0.2) is 0 Å². The van der Waals surface area contributed by atoms with Gasteiger partial charge in [0.1, 0.15) is 0 Å². The van der Waals surface area contributed by atoms with Crippen LogP contribution in [0.4, 0.5) is 0 Å². The van der Waals surface area contributed by atoms with E-state index in [4.69, 9.17) is 5.26 Å². The quantitative estimate of drug-likeness (QED) is 0.632. The van der Waals surface area contributed by atoms with Gasteiger partial charge in [-0.15, -0.1) is 0 Å². The van der Waals surface area contributed by atoms with Crippen LogP contribution in [-0.4, -0.2) is 20.7 Å². The highest BCUT2D eigenvalue weighted by Crippen LogP contribution is 2.31. The van der Waals surface area contributed by atoms with E-state index in [2.05, 4.69) is 4.72 Å². The van der Waals surface area contributed by atoms with Gasteiger partial charge in [-0.25, -0.2) is 13.1 Å². The van der Waals surface area contributed by atoms with Crippen LogP contribution >= 0.6 is 0 Å². The first kappa shape index (κ1) is 8.50. The molecule has 1 aliphatic carbocycles. The van der Waals surface area contributed by atoms with Crippen LogP contribution in [0.25, 0.3) is 0 Å². The molecule has 0 aromatic carbocycles. The van der Waals surface area contributed by atoms with Crippen molar-refractivity contribution in [3.63, 3.8) is 0 Å². The van der Waals surface area contributed by atoms with Crippen LogP contribution in [0.1, 0.15) is 12.8 Å². The second-order valence-corrected chi connectivity index (χ2v) is 4.83. The minimum atomic E-state index is -3.11. The van der Waals surface area contributed by atoms with Crippen molar-refractivity contribution in [1.29, 1.82) is 5.26 Å². The lowest BCUT2D eigenvalue weighted by Crippen LogP contribution is -2.40. The number of nitrogens with one attached hydrogen (secondary N) is 1. The van der Waals surface area contributed by atoms with E-state index >= 15 is 0 Å². The van der Waals surface area contributed by atoms with E-state index in [0.29, 0.717) is 12.8 Å². The average molecular weight is 174 g/mol. The highest BCUT2D eigenvalue weighted by Gasteiger charge is 2.37. The van der Waals surface area contributed by atoms with Gasteiger partial charge < -0.3 is 0 Å². The largest absolute Gasteiger partial charge is 0.218 e. The summed E-state index contributed by atoms with van der Waals surface area (Å²) in [5.41, 5.74) is 0. The molecule has 1 rings (SSSR count). The molecule has 0 bridgehead atoms. The zero-order chi connectivity index (χ0) is 8.48. The molecule has 62 valence electrons. The van der Waals surface area contributed by atoms with E-state index in [9.17, 15) is 8.42 Å². The summed E-state index contributed by atoms with van der Waals surface area (Å²) in [5, 5.41) is 8.04. The molecule has 0 saturated heterocycles. The molecule has 0 radical (unpaired) electrons. The molecule has 1 saturated carbocycles. The predicted octanol–water partition coefficient (Wildman–Crippen LogP) is -0.162. The fraction of sp³-hybridized carbons (Fsp3) is 0.833. The number of nitriles is 1. The van der Waals surface area contributed by atoms with E-state index in [-0.39, 0.29) is 11.2 Å². The first-order chi connectivity index (χ1) is 5.10. The molecular formula is C6H10N2O2S. The first-order valence-electron chi connectivity index (χ1n) is 3.42. The summed E-state index contributed by atoms with van der Waals surface area (Å²) < 4.78 is 24.3. The van der Waals surface area contributed by atoms with Gasteiger partial charge in [-0.05, 0) is 19.9 Å². The SMILES string of the molecule is CNS(=O)(=O)[C@H]1C[C@@H](C#N)C1. The zero-order valence-corrected chi connectivity index (χ0v) is 7.06. The van der Waals surface area contributed by atoms with Crippen molar-refractivity contribution in [1.82, 2.24) is 4.72 Å². The summed E-state index contributed by atoms with van der Waals surface area (Å²) in [4.78, 5) is 0. The number of sulfonamides is 1. The van der Waals surface area contributed by atoms with E-state index in [1.165, 1.54) is 7.05 Å². The molecule has 0 atom stereocenters. The third kappa shape index (κ3) is 1.52. The Morgan fingerprint density at radius 2 is 2.09 bits per heavy atom. The van der Waals surface area contributed by atoms with Crippen LogP contribution in [0.3, 0.4) is 0 Å². The van der Waals surface area contributed by atoms with E-state index < -0.39 is 10.0 Å². The Kier molecular flexibility index (Phi) is 2.16. The summed E-state index contributed by atoms with van der Waals surface area (Å²) >= 11 is 0. The van der Waals surface area contributed by atoms with Crippen molar-refractivity contribution in [3.05, 3.63) is 0 Å². The predicted molar refractivity (Wildman–Crippen MR) is 40.1 cm³/mol. The van der Waals surface area contributed by atoms with Crippen molar-refractivity contribution >= 4 is 10.0 Å². The smallest absolute Gasteiger partial charge is 0.214 e. The number of nitrogens with zero attached hydrogens (tertiary/aromatic N) is 1. The molecule has 4 nitrogen and oxygen atoms in total. The maximum Gasteiger partial charge on any atom is 0.214 e. The van der Waals surface area contributed by atoms with Gasteiger partial charge in [-0.1, -0.05) is 0 Å². The van der Waals surface area contributed by atoms with Crippen LogP contribution < -0.4 is 4.72 Å². The number of hydrogen-bond acceptors (Lipinski definition) is 3. The minimum Gasteiger partial charge on any atom is -0.218 e. The Hall–Kier alpha value is -0.600. The molecule has 1 fully saturated rings. The Balaban J connectivity index is 2.52. The van der Waals surface area contributed by atoms with E-state index in [0.717, 1.165) is 0 Å². The standard InChI is InChI=1S/C6H10N2O2S/c1-8-11(9,10)6-2-5(3-6)4-7/h5-6,8H,2-3H2,1H3/t5-,6+. The molecule has 0 aromatic heterocycles. The van der Waals surface area contributed by atoms with Gasteiger partial charge in [0, 0.05) is 5.92 Å². The van der Waals surface area contributed by atoms with Gasteiger partial charge in [0.25, 0.3) is 0 Å². The molecule has 5 heteroatoms. The number of hydrogen-bond donors (Lipinski definition) is 1. The topological polar surface area (TPSA) is 70.0 Å². The Bertz CT molecular complexity index is 271. The Morgan fingerprint density at radius 3 is 2.45 bits per heavy atom. The first-order valence-corrected chi connectivity index (χ1v) is 4.96. The van der Waals surface area contributed by atoms with Crippen LogP contribution in [0.5, 0.6) is 0 Å².